The number of carbonyl (C=O) groups excluding carboxylic acids is 1. The maximum Gasteiger partial charge on any atom is 0.305 e. The van der Waals surface area contributed by atoms with Gasteiger partial charge in [0.1, 0.15) is 0 Å². The van der Waals surface area contributed by atoms with E-state index in [2.05, 4.69) is 15.6 Å². The Kier molecular flexibility index (Phi) is 4.67. The Hall–Kier alpha value is -2.41. The molecule has 0 aliphatic heterocycles. The van der Waals surface area contributed by atoms with E-state index in [1.807, 2.05) is 11.4 Å². The van der Waals surface area contributed by atoms with Gasteiger partial charge in [0.25, 0.3) is 5.91 Å². The summed E-state index contributed by atoms with van der Waals surface area (Å²) in [7, 11) is 0. The zero-order chi connectivity index (χ0) is 14.4. The summed E-state index contributed by atoms with van der Waals surface area (Å²) in [6.07, 6.45) is 1.60. The fraction of sp³-hybridized carbons (Fsp3) is 0.154. The molecule has 0 saturated carbocycles. The van der Waals surface area contributed by atoms with Crippen LogP contribution in [-0.2, 0) is 4.79 Å². The Balaban J connectivity index is 1.98. The van der Waals surface area contributed by atoms with Crippen LogP contribution in [0.15, 0.2) is 35.8 Å². The van der Waals surface area contributed by atoms with Gasteiger partial charge in [-0.3, -0.25) is 9.59 Å². The van der Waals surface area contributed by atoms with Crippen LogP contribution in [0.5, 0.6) is 0 Å². The molecule has 0 saturated heterocycles. The maximum atomic E-state index is 11.8. The fourth-order valence-electron chi connectivity index (χ4n) is 1.53. The predicted octanol–water partition coefficient (Wildman–Crippen LogP) is 2.09. The summed E-state index contributed by atoms with van der Waals surface area (Å²) in [5, 5.41) is 16.8. The van der Waals surface area contributed by atoms with Crippen LogP contribution >= 0.6 is 11.3 Å². The molecule has 6 nitrogen and oxygen atoms in total. The van der Waals surface area contributed by atoms with Crippen LogP contribution in [0.25, 0.3) is 0 Å². The minimum absolute atomic E-state index is 0.0944. The Morgan fingerprint density at radius 3 is 2.90 bits per heavy atom. The van der Waals surface area contributed by atoms with Gasteiger partial charge in [0.15, 0.2) is 5.13 Å². The molecule has 3 N–H and O–H groups in total. The number of amides is 1. The fourth-order valence-corrected chi connectivity index (χ4v) is 2.08. The van der Waals surface area contributed by atoms with Crippen LogP contribution in [-0.4, -0.2) is 28.5 Å². The van der Waals surface area contributed by atoms with Gasteiger partial charge < -0.3 is 15.7 Å². The number of rotatable bonds is 6. The minimum atomic E-state index is -0.940. The van der Waals surface area contributed by atoms with Crippen molar-refractivity contribution in [2.45, 2.75) is 6.42 Å². The average Bonchev–Trinajstić information content (AvgIpc) is 2.91. The SMILES string of the molecule is O=C(O)CCNC(=O)c1cccc(Nc2nccs2)c1. The average molecular weight is 291 g/mol. The summed E-state index contributed by atoms with van der Waals surface area (Å²) >= 11 is 1.46. The van der Waals surface area contributed by atoms with E-state index in [0.717, 1.165) is 10.8 Å². The summed E-state index contributed by atoms with van der Waals surface area (Å²) in [5.41, 5.74) is 1.22. The first-order valence-electron chi connectivity index (χ1n) is 5.92. The van der Waals surface area contributed by atoms with Crippen molar-refractivity contribution in [3.63, 3.8) is 0 Å². The van der Waals surface area contributed by atoms with Crippen LogP contribution in [0.4, 0.5) is 10.8 Å². The minimum Gasteiger partial charge on any atom is -0.481 e. The van der Waals surface area contributed by atoms with Gasteiger partial charge in [0.05, 0.1) is 6.42 Å². The van der Waals surface area contributed by atoms with Crippen LogP contribution in [0.2, 0.25) is 0 Å². The number of thiazole rings is 1. The smallest absolute Gasteiger partial charge is 0.305 e. The first-order valence-corrected chi connectivity index (χ1v) is 6.79. The summed E-state index contributed by atoms with van der Waals surface area (Å²) in [6, 6.07) is 6.94. The largest absolute Gasteiger partial charge is 0.481 e. The van der Waals surface area contributed by atoms with Crippen molar-refractivity contribution in [1.29, 1.82) is 0 Å². The van der Waals surface area contributed by atoms with E-state index < -0.39 is 5.97 Å². The third kappa shape index (κ3) is 4.06. The molecule has 0 radical (unpaired) electrons. The number of hydrogen-bond donors (Lipinski definition) is 3. The highest BCUT2D eigenvalue weighted by atomic mass is 32.1. The number of carbonyl (C=O) groups is 2. The standard InChI is InChI=1S/C13H13N3O3S/c17-11(18)4-5-14-12(19)9-2-1-3-10(8-9)16-13-15-6-7-20-13/h1-3,6-8H,4-5H2,(H,14,19)(H,15,16)(H,17,18). The number of nitrogens with one attached hydrogen (secondary N) is 2. The third-order valence-electron chi connectivity index (χ3n) is 2.43. The molecule has 20 heavy (non-hydrogen) atoms. The first-order chi connectivity index (χ1) is 9.65. The molecule has 0 fully saturated rings. The van der Waals surface area contributed by atoms with Gasteiger partial charge in [-0.2, -0.15) is 0 Å². The molecule has 0 bridgehead atoms. The van der Waals surface area contributed by atoms with Crippen molar-refractivity contribution in [1.82, 2.24) is 10.3 Å². The highest BCUT2D eigenvalue weighted by molar-refractivity contribution is 7.13. The number of carboxylic acids is 1. The van der Waals surface area contributed by atoms with Crippen molar-refractivity contribution in [3.05, 3.63) is 41.4 Å². The molecule has 1 aromatic carbocycles. The lowest BCUT2D eigenvalue weighted by molar-refractivity contribution is -0.136. The van der Waals surface area contributed by atoms with Gasteiger partial charge in [-0.05, 0) is 18.2 Å². The number of aliphatic carboxylic acids is 1. The Bertz CT molecular complexity index is 599. The van der Waals surface area contributed by atoms with Crippen LogP contribution in [0, 0.1) is 0 Å². The van der Waals surface area contributed by atoms with Crippen LogP contribution in [0.1, 0.15) is 16.8 Å². The molecular weight excluding hydrogens is 278 g/mol. The molecule has 0 unspecified atom stereocenters. The van der Waals surface area contributed by atoms with Crippen molar-refractivity contribution in [2.75, 3.05) is 11.9 Å². The molecular formula is C13H13N3O3S. The molecule has 0 atom stereocenters. The summed E-state index contributed by atoms with van der Waals surface area (Å²) in [5.74, 6) is -1.24. The van der Waals surface area contributed by atoms with Crippen molar-refractivity contribution < 1.29 is 14.7 Å². The van der Waals surface area contributed by atoms with Gasteiger partial charge in [0.2, 0.25) is 0 Å². The molecule has 1 amide bonds. The molecule has 2 rings (SSSR count). The molecule has 0 aliphatic carbocycles. The van der Waals surface area contributed by atoms with Gasteiger partial charge in [-0.25, -0.2) is 4.98 Å². The van der Waals surface area contributed by atoms with Crippen LogP contribution < -0.4 is 10.6 Å². The Morgan fingerprint density at radius 1 is 1.35 bits per heavy atom. The van der Waals surface area contributed by atoms with E-state index in [4.69, 9.17) is 5.11 Å². The lowest BCUT2D eigenvalue weighted by Crippen LogP contribution is -2.25. The number of benzene rings is 1. The van der Waals surface area contributed by atoms with E-state index in [1.54, 1.807) is 24.4 Å². The first kappa shape index (κ1) is 14.0. The second kappa shape index (κ2) is 6.67. The quantitative estimate of drug-likeness (QED) is 0.758. The van der Waals surface area contributed by atoms with E-state index in [1.165, 1.54) is 11.3 Å². The predicted molar refractivity (Wildman–Crippen MR) is 76.4 cm³/mol. The Morgan fingerprint density at radius 2 is 2.20 bits per heavy atom. The molecule has 1 heterocycles. The van der Waals surface area contributed by atoms with Gasteiger partial charge >= 0.3 is 5.97 Å². The molecule has 2 aromatic rings. The van der Waals surface area contributed by atoms with Gasteiger partial charge in [-0.15, -0.1) is 11.3 Å². The van der Waals surface area contributed by atoms with Gasteiger partial charge in [-0.1, -0.05) is 6.07 Å². The van der Waals surface area contributed by atoms with Crippen molar-refractivity contribution in [3.8, 4) is 0 Å². The zero-order valence-corrected chi connectivity index (χ0v) is 11.3. The second-order valence-electron chi connectivity index (χ2n) is 3.94. The molecule has 104 valence electrons. The second-order valence-corrected chi connectivity index (χ2v) is 4.84. The lowest BCUT2D eigenvalue weighted by atomic mass is 10.2. The molecule has 7 heteroatoms. The Labute approximate surface area is 119 Å². The highest BCUT2D eigenvalue weighted by Gasteiger charge is 2.07. The normalized spacial score (nSPS) is 10.0. The van der Waals surface area contributed by atoms with Crippen LogP contribution in [0.3, 0.4) is 0 Å². The van der Waals surface area contributed by atoms with E-state index in [9.17, 15) is 9.59 Å². The number of nitrogens with zero attached hydrogens (tertiary/aromatic N) is 1. The topological polar surface area (TPSA) is 91.3 Å². The molecule has 0 aliphatic rings. The van der Waals surface area contributed by atoms with Crippen molar-refractivity contribution in [2.24, 2.45) is 0 Å². The van der Waals surface area contributed by atoms with E-state index in [0.29, 0.717) is 5.56 Å². The molecule has 0 spiro atoms. The summed E-state index contributed by atoms with van der Waals surface area (Å²) < 4.78 is 0. The van der Waals surface area contributed by atoms with E-state index in [-0.39, 0.29) is 18.9 Å². The van der Waals surface area contributed by atoms with Crippen molar-refractivity contribution >= 4 is 34.0 Å². The van der Waals surface area contributed by atoms with Gasteiger partial charge in [0, 0.05) is 29.4 Å². The van der Waals surface area contributed by atoms with E-state index >= 15 is 0 Å². The summed E-state index contributed by atoms with van der Waals surface area (Å²) in [6.45, 7) is 0.109. The third-order valence-corrected chi connectivity index (χ3v) is 3.12. The number of anilines is 2. The lowest BCUT2D eigenvalue weighted by Gasteiger charge is -2.06. The highest BCUT2D eigenvalue weighted by Crippen LogP contribution is 2.19. The zero-order valence-electron chi connectivity index (χ0n) is 10.5. The monoisotopic (exact) mass is 291 g/mol. The maximum absolute atomic E-state index is 11.8. The number of carboxylic acid groups (broad SMARTS) is 1. The number of hydrogen-bond acceptors (Lipinski definition) is 5. The molecule has 1 aromatic heterocycles. The number of aromatic nitrogens is 1. The summed E-state index contributed by atoms with van der Waals surface area (Å²) in [4.78, 5) is 26.3.